The van der Waals surface area contributed by atoms with Gasteiger partial charge in [-0.25, -0.2) is 0 Å². The number of ether oxygens (including phenoxy) is 1. The summed E-state index contributed by atoms with van der Waals surface area (Å²) >= 11 is 9.31. The molecule has 0 bridgehead atoms. The minimum atomic E-state index is 0.1000. The van der Waals surface area contributed by atoms with Gasteiger partial charge in [-0.15, -0.1) is 47.3 Å². The van der Waals surface area contributed by atoms with Crippen molar-refractivity contribution in [3.05, 3.63) is 104 Å². The summed E-state index contributed by atoms with van der Waals surface area (Å²) in [4.78, 5) is 0. The highest BCUT2D eigenvalue weighted by atomic mass is 79.9. The topological polar surface area (TPSA) is 69.9 Å². The number of aromatic hydroxyl groups is 3. The maximum atomic E-state index is 11.2. The lowest BCUT2D eigenvalue weighted by Crippen LogP contribution is -2.28. The summed E-state index contributed by atoms with van der Waals surface area (Å²) in [5.41, 5.74) is 13.5. The van der Waals surface area contributed by atoms with Crippen LogP contribution in [0, 0.1) is 25.7 Å². The number of halogens is 3. The van der Waals surface area contributed by atoms with E-state index in [9.17, 15) is 15.3 Å². The SMILES string of the molecule is BrB(Br)Br.CC(C)=C[C@@H]1C[C@H](C)[C@H]2CC[C@H](C)c3c(O)c(O)c(C)c1c32.CC(C)=C[C@@H]1C[C@H](C)[C@H]2CC[C@H](C)c3c(OCc4ccccc4)c(O)c(C)c1c32. The molecule has 4 nitrogen and oxygen atoms in total. The molecule has 0 amide bonds. The van der Waals surface area contributed by atoms with Gasteiger partial charge in [0.25, 0.3) is 0 Å². The summed E-state index contributed by atoms with van der Waals surface area (Å²) in [5.74, 6) is 5.20. The van der Waals surface area contributed by atoms with E-state index in [1.807, 2.05) is 25.1 Å². The average Bonchev–Trinajstić information content (AvgIpc) is 3.10. The Morgan fingerprint density at radius 1 is 0.636 bits per heavy atom. The van der Waals surface area contributed by atoms with Crippen LogP contribution in [0.4, 0.5) is 0 Å². The zero-order valence-electron chi connectivity index (χ0n) is 34.6. The molecule has 0 aliphatic heterocycles. The molecule has 298 valence electrons. The lowest BCUT2D eigenvalue weighted by atomic mass is 9.62. The molecule has 0 spiro atoms. The third kappa shape index (κ3) is 9.43. The van der Waals surface area contributed by atoms with Crippen molar-refractivity contribution in [1.29, 1.82) is 0 Å². The van der Waals surface area contributed by atoms with Crippen molar-refractivity contribution in [1.82, 2.24) is 0 Å². The molecule has 0 heterocycles. The molecular formula is C47H62BBr3O4. The van der Waals surface area contributed by atoms with Gasteiger partial charge in [-0.3, -0.25) is 0 Å². The first-order chi connectivity index (χ1) is 25.9. The van der Waals surface area contributed by atoms with Gasteiger partial charge in [0.2, 0.25) is 0 Å². The molecule has 0 saturated carbocycles. The monoisotopic (exact) mass is 938 g/mol. The Bertz CT molecular complexity index is 1890. The Balaban J connectivity index is 0.000000198. The fourth-order valence-corrected chi connectivity index (χ4v) is 10.5. The van der Waals surface area contributed by atoms with E-state index in [1.54, 1.807) is 0 Å². The van der Waals surface area contributed by atoms with Crippen molar-refractivity contribution in [3.8, 4) is 23.0 Å². The molecule has 8 heteroatoms. The summed E-state index contributed by atoms with van der Waals surface area (Å²) in [6, 6.07) is 10.2. The number of allylic oxidation sites excluding steroid dienone is 4. The second-order valence-electron chi connectivity index (χ2n) is 17.4. The molecule has 0 aromatic heterocycles. The molecule has 0 saturated heterocycles. The molecular weight excluding hydrogens is 879 g/mol. The van der Waals surface area contributed by atoms with Gasteiger partial charge in [-0.1, -0.05) is 81.3 Å². The highest BCUT2D eigenvalue weighted by molar-refractivity contribution is 9.69. The van der Waals surface area contributed by atoms with Crippen molar-refractivity contribution in [2.75, 3.05) is 0 Å². The van der Waals surface area contributed by atoms with E-state index in [1.165, 1.54) is 64.6 Å². The Kier molecular flexibility index (Phi) is 14.9. The fourth-order valence-electron chi connectivity index (χ4n) is 10.5. The molecule has 0 radical (unpaired) electrons. The number of hydrogen-bond acceptors (Lipinski definition) is 4. The normalized spacial score (nSPS) is 25.8. The van der Waals surface area contributed by atoms with Crippen molar-refractivity contribution >= 4 is 50.5 Å². The zero-order chi connectivity index (χ0) is 40.5. The predicted octanol–water partition coefficient (Wildman–Crippen LogP) is 15.0. The van der Waals surface area contributed by atoms with Crippen LogP contribution in [0.15, 0.2) is 53.6 Å². The molecule has 3 N–H and O–H groups in total. The molecule has 3 aromatic rings. The molecule has 3 aromatic carbocycles. The number of phenolic OH excluding ortho intramolecular Hbond substituents is 3. The van der Waals surface area contributed by atoms with Gasteiger partial charge in [0.15, 0.2) is 23.0 Å². The summed E-state index contributed by atoms with van der Waals surface area (Å²) in [5, 5.41) is 32.2. The lowest BCUT2D eigenvalue weighted by Gasteiger charge is -2.43. The van der Waals surface area contributed by atoms with Gasteiger partial charge in [0.1, 0.15) is 6.61 Å². The Morgan fingerprint density at radius 3 is 1.55 bits per heavy atom. The lowest BCUT2D eigenvalue weighted by molar-refractivity contribution is 0.270. The average molecular weight is 942 g/mol. The fraction of sp³-hybridized carbons (Fsp3) is 0.532. The first kappa shape index (κ1) is 44.0. The van der Waals surface area contributed by atoms with E-state index in [-0.39, 0.29) is 14.7 Å². The van der Waals surface area contributed by atoms with Crippen LogP contribution in [0.3, 0.4) is 0 Å². The molecule has 0 fully saturated rings. The van der Waals surface area contributed by atoms with Crippen LogP contribution in [0.25, 0.3) is 0 Å². The third-order valence-corrected chi connectivity index (χ3v) is 12.8. The molecule has 4 aliphatic rings. The van der Waals surface area contributed by atoms with E-state index < -0.39 is 0 Å². The predicted molar refractivity (Wildman–Crippen MR) is 243 cm³/mol. The minimum Gasteiger partial charge on any atom is -0.504 e. The Hall–Kier alpha value is -2.16. The van der Waals surface area contributed by atoms with Crippen molar-refractivity contribution < 1.29 is 20.1 Å². The van der Waals surface area contributed by atoms with Gasteiger partial charge in [-0.2, -0.15) is 0 Å². The van der Waals surface area contributed by atoms with Crippen LogP contribution < -0.4 is 4.74 Å². The van der Waals surface area contributed by atoms with Crippen molar-refractivity contribution in [3.63, 3.8) is 0 Å². The van der Waals surface area contributed by atoms with Gasteiger partial charge in [0.05, 0.1) is 0 Å². The van der Waals surface area contributed by atoms with E-state index in [2.05, 4.69) is 134 Å². The van der Waals surface area contributed by atoms with Crippen molar-refractivity contribution in [2.24, 2.45) is 11.8 Å². The first-order valence-electron chi connectivity index (χ1n) is 20.3. The standard InChI is InChI=1S/C27H34O2.C20H28O2.BBr3/c1-16(2)13-21-14-18(4)22-12-11-17(3)23-25(22)24(21)19(5)26(28)27(23)29-15-20-9-7-6-8-10-20;1-10(2)8-14-9-12(4)15-7-6-11(3)16-18(15)17(14)13(5)19(21)20(16)22;2-1(3)4/h6-10,13,17-18,21-22,28H,11-12,14-15H2,1-5H3;8,11-12,14-15,21-22H,6-7,9H2,1-5H3;/t17-,18-,21+,22+;11-,12-,14+,15+;/m00./s1. The van der Waals surface area contributed by atoms with E-state index in [0.717, 1.165) is 40.8 Å². The maximum Gasteiger partial charge on any atom is 0.369 e. The maximum absolute atomic E-state index is 11.2. The number of hydrogen-bond donors (Lipinski definition) is 3. The largest absolute Gasteiger partial charge is 0.504 e. The summed E-state index contributed by atoms with van der Waals surface area (Å²) in [7, 11) is 0. The zero-order valence-corrected chi connectivity index (χ0v) is 39.3. The number of benzene rings is 3. The number of rotatable bonds is 5. The summed E-state index contributed by atoms with van der Waals surface area (Å²) in [6.45, 7) is 22.4. The molecule has 7 rings (SSSR count). The Morgan fingerprint density at radius 2 is 1.07 bits per heavy atom. The van der Waals surface area contributed by atoms with E-state index >= 15 is 0 Å². The highest BCUT2D eigenvalue weighted by Crippen LogP contribution is 2.59. The van der Waals surface area contributed by atoms with Gasteiger partial charge < -0.3 is 20.1 Å². The quantitative estimate of drug-likeness (QED) is 0.135. The van der Waals surface area contributed by atoms with Gasteiger partial charge >= 0.3 is 3.18 Å². The summed E-state index contributed by atoms with van der Waals surface area (Å²) < 4.78 is 6.60. The first-order valence-corrected chi connectivity index (χ1v) is 23.0. The number of phenols is 3. The second kappa shape index (κ2) is 18.6. The van der Waals surface area contributed by atoms with Crippen LogP contribution >= 0.6 is 47.3 Å². The van der Waals surface area contributed by atoms with Crippen LogP contribution in [-0.4, -0.2) is 18.5 Å². The molecule has 55 heavy (non-hydrogen) atoms. The Labute approximate surface area is 356 Å². The summed E-state index contributed by atoms with van der Waals surface area (Å²) in [6.07, 6.45) is 11.8. The van der Waals surface area contributed by atoms with Gasteiger partial charge in [-0.05, 0) is 155 Å². The van der Waals surface area contributed by atoms with Crippen LogP contribution in [-0.2, 0) is 6.61 Å². The van der Waals surface area contributed by atoms with Crippen LogP contribution in [0.2, 0.25) is 0 Å². The smallest absolute Gasteiger partial charge is 0.369 e. The van der Waals surface area contributed by atoms with E-state index in [0.29, 0.717) is 59.7 Å². The third-order valence-electron chi connectivity index (χ3n) is 12.8. The highest BCUT2D eigenvalue weighted by Gasteiger charge is 2.42. The van der Waals surface area contributed by atoms with E-state index in [4.69, 9.17) is 4.74 Å². The van der Waals surface area contributed by atoms with Crippen molar-refractivity contribution in [2.45, 2.75) is 150 Å². The minimum absolute atomic E-state index is 0.1000. The van der Waals surface area contributed by atoms with Crippen LogP contribution in [0.5, 0.6) is 23.0 Å². The van der Waals surface area contributed by atoms with Crippen LogP contribution in [0.1, 0.15) is 179 Å². The van der Waals surface area contributed by atoms with Gasteiger partial charge in [0, 0.05) is 23.0 Å². The molecule has 8 atom stereocenters. The second-order valence-corrected chi connectivity index (χ2v) is 23.9. The molecule has 4 aliphatic carbocycles. The molecule has 0 unspecified atom stereocenters.